The summed E-state index contributed by atoms with van der Waals surface area (Å²) >= 11 is 0. The Morgan fingerprint density at radius 1 is 1.23 bits per heavy atom. The molecule has 0 radical (unpaired) electrons. The average Bonchev–Trinajstić information content (AvgIpc) is 3.06. The molecule has 154 valence electrons. The summed E-state index contributed by atoms with van der Waals surface area (Å²) in [5, 5.41) is 14.8. The topological polar surface area (TPSA) is 69.9 Å². The summed E-state index contributed by atoms with van der Waals surface area (Å²) in [6.45, 7) is 4.27. The van der Waals surface area contributed by atoms with Gasteiger partial charge < -0.3 is 9.67 Å². The van der Waals surface area contributed by atoms with E-state index in [2.05, 4.69) is 45.1 Å². The van der Waals surface area contributed by atoms with Crippen LogP contribution in [0, 0.1) is 6.92 Å². The first-order valence-electron chi connectivity index (χ1n) is 10.6. The second-order valence-electron chi connectivity index (χ2n) is 8.30. The zero-order valence-electron chi connectivity index (χ0n) is 17.1. The summed E-state index contributed by atoms with van der Waals surface area (Å²) < 4.78 is 2.48. The molecule has 2 heterocycles. The predicted octanol–water partition coefficient (Wildman–Crippen LogP) is 3.50. The fourth-order valence-electron chi connectivity index (χ4n) is 4.94. The molecule has 0 unspecified atom stereocenters. The molecule has 1 atom stereocenters. The highest BCUT2D eigenvalue weighted by Gasteiger charge is 2.35. The molecule has 3 aromatic rings. The number of carbonyl (C=O) groups is 1. The number of hydrogen-bond donors (Lipinski definition) is 2. The van der Waals surface area contributed by atoms with Gasteiger partial charge in [-0.3, -0.25) is 9.69 Å². The molecular weight excluding hydrogens is 376 g/mol. The summed E-state index contributed by atoms with van der Waals surface area (Å²) in [6.07, 6.45) is 4.95. The summed E-state index contributed by atoms with van der Waals surface area (Å²) in [6, 6.07) is 13.7. The molecule has 0 bridgehead atoms. The Labute approximate surface area is 175 Å². The van der Waals surface area contributed by atoms with Crippen molar-refractivity contribution in [1.29, 1.82) is 0 Å². The lowest BCUT2D eigenvalue weighted by Crippen LogP contribution is -2.44. The van der Waals surface area contributed by atoms with Gasteiger partial charge in [-0.15, -0.1) is 0 Å². The van der Waals surface area contributed by atoms with Gasteiger partial charge in [0, 0.05) is 29.7 Å². The molecule has 2 aliphatic rings. The first kappa shape index (κ1) is 18.9. The van der Waals surface area contributed by atoms with E-state index in [1.165, 1.54) is 27.7 Å². The molecule has 1 aliphatic carbocycles. The standard InChI is InChI=1S/C24H26N4O2/c1-16-5-10-21-20(13-16)19-3-2-4-22-24(19)28(21)12-11-27(22)15-23(30)26-25-14-17-6-8-18(29)9-7-17/h5-10,13-14,22,29H,2-4,11-12,15H2,1H3,(H,26,30)/b25-14-/t22-/m1/s1. The Bertz CT molecular complexity index is 1130. The fourth-order valence-corrected chi connectivity index (χ4v) is 4.94. The lowest BCUT2D eigenvalue weighted by atomic mass is 9.89. The normalized spacial score (nSPS) is 18.6. The van der Waals surface area contributed by atoms with Crippen LogP contribution in [0.5, 0.6) is 5.75 Å². The highest BCUT2D eigenvalue weighted by molar-refractivity contribution is 5.87. The number of amides is 1. The van der Waals surface area contributed by atoms with Crippen molar-refractivity contribution in [2.24, 2.45) is 5.10 Å². The van der Waals surface area contributed by atoms with Crippen molar-refractivity contribution in [2.45, 2.75) is 38.8 Å². The van der Waals surface area contributed by atoms with E-state index in [0.717, 1.165) is 37.9 Å². The fraction of sp³-hybridized carbons (Fsp3) is 0.333. The van der Waals surface area contributed by atoms with Crippen LogP contribution in [-0.2, 0) is 17.8 Å². The number of hydrazone groups is 1. The number of nitrogens with zero attached hydrogens (tertiary/aromatic N) is 3. The minimum Gasteiger partial charge on any atom is -0.508 e. The molecule has 6 nitrogen and oxygen atoms in total. The van der Waals surface area contributed by atoms with Gasteiger partial charge in [0.05, 0.1) is 18.8 Å². The smallest absolute Gasteiger partial charge is 0.254 e. The predicted molar refractivity (Wildman–Crippen MR) is 118 cm³/mol. The number of aromatic nitrogens is 1. The second kappa shape index (κ2) is 7.61. The first-order valence-corrected chi connectivity index (χ1v) is 10.6. The highest BCUT2D eigenvalue weighted by atomic mass is 16.3. The third-order valence-electron chi connectivity index (χ3n) is 6.28. The Kier molecular flexibility index (Phi) is 4.79. The van der Waals surface area contributed by atoms with Crippen molar-refractivity contribution in [3.63, 3.8) is 0 Å². The molecule has 30 heavy (non-hydrogen) atoms. The Balaban J connectivity index is 1.32. The molecule has 1 amide bonds. The number of nitrogens with one attached hydrogen (secondary N) is 1. The molecule has 2 N–H and O–H groups in total. The molecule has 1 aliphatic heterocycles. The lowest BCUT2D eigenvalue weighted by molar-refractivity contribution is -0.123. The maximum absolute atomic E-state index is 12.5. The summed E-state index contributed by atoms with van der Waals surface area (Å²) in [5.74, 6) is 0.110. The van der Waals surface area contributed by atoms with Gasteiger partial charge >= 0.3 is 0 Å². The van der Waals surface area contributed by atoms with Gasteiger partial charge in [-0.2, -0.15) is 5.10 Å². The van der Waals surface area contributed by atoms with E-state index in [4.69, 9.17) is 0 Å². The molecule has 5 rings (SSSR count). The van der Waals surface area contributed by atoms with E-state index in [-0.39, 0.29) is 11.7 Å². The van der Waals surface area contributed by atoms with Crippen molar-refractivity contribution in [2.75, 3.05) is 13.1 Å². The van der Waals surface area contributed by atoms with Crippen molar-refractivity contribution in [3.05, 3.63) is 64.8 Å². The number of fused-ring (bicyclic) bond motifs is 3. The van der Waals surface area contributed by atoms with Crippen LogP contribution in [0.4, 0.5) is 0 Å². The maximum Gasteiger partial charge on any atom is 0.254 e. The number of carbonyl (C=O) groups excluding carboxylic acids is 1. The van der Waals surface area contributed by atoms with Gasteiger partial charge in [-0.05, 0) is 73.7 Å². The monoisotopic (exact) mass is 402 g/mol. The van der Waals surface area contributed by atoms with Crippen LogP contribution in [-0.4, -0.2) is 39.8 Å². The van der Waals surface area contributed by atoms with Crippen LogP contribution in [0.15, 0.2) is 47.6 Å². The molecule has 2 aromatic carbocycles. The second-order valence-corrected chi connectivity index (χ2v) is 8.30. The van der Waals surface area contributed by atoms with Gasteiger partial charge in [-0.1, -0.05) is 11.6 Å². The Hall–Kier alpha value is -3.12. The maximum atomic E-state index is 12.5. The van der Waals surface area contributed by atoms with E-state index in [1.54, 1.807) is 30.5 Å². The SMILES string of the molecule is Cc1ccc2c(c1)c1c3n2CCN(CC(=O)N/N=C\c2ccc(O)cc2)[C@@H]3CCC1. The van der Waals surface area contributed by atoms with E-state index in [0.29, 0.717) is 12.6 Å². The summed E-state index contributed by atoms with van der Waals surface area (Å²) in [5.41, 5.74) is 8.98. The molecule has 0 saturated heterocycles. The van der Waals surface area contributed by atoms with Gasteiger partial charge in [0.25, 0.3) is 5.91 Å². The summed E-state index contributed by atoms with van der Waals surface area (Å²) in [4.78, 5) is 14.8. The van der Waals surface area contributed by atoms with Crippen LogP contribution in [0.3, 0.4) is 0 Å². The van der Waals surface area contributed by atoms with Crippen molar-refractivity contribution in [3.8, 4) is 5.75 Å². The Morgan fingerprint density at radius 2 is 2.07 bits per heavy atom. The third kappa shape index (κ3) is 3.37. The summed E-state index contributed by atoms with van der Waals surface area (Å²) in [7, 11) is 0. The zero-order valence-corrected chi connectivity index (χ0v) is 17.1. The molecule has 6 heteroatoms. The minimum atomic E-state index is -0.0995. The Morgan fingerprint density at radius 3 is 2.90 bits per heavy atom. The third-order valence-corrected chi connectivity index (χ3v) is 6.28. The lowest BCUT2D eigenvalue weighted by Gasteiger charge is -2.39. The van der Waals surface area contributed by atoms with Crippen LogP contribution in [0.1, 0.15) is 41.3 Å². The molecule has 0 fully saturated rings. The van der Waals surface area contributed by atoms with Crippen LogP contribution in [0.2, 0.25) is 0 Å². The highest BCUT2D eigenvalue weighted by Crippen LogP contribution is 2.42. The van der Waals surface area contributed by atoms with Crippen LogP contribution >= 0.6 is 0 Å². The number of aryl methyl sites for hydroxylation is 2. The molecule has 0 saturated carbocycles. The van der Waals surface area contributed by atoms with E-state index < -0.39 is 0 Å². The van der Waals surface area contributed by atoms with Gasteiger partial charge in [-0.25, -0.2) is 5.43 Å². The minimum absolute atomic E-state index is 0.0995. The van der Waals surface area contributed by atoms with Crippen LogP contribution in [0.25, 0.3) is 10.9 Å². The van der Waals surface area contributed by atoms with Crippen LogP contribution < -0.4 is 5.43 Å². The van der Waals surface area contributed by atoms with Crippen molar-refractivity contribution in [1.82, 2.24) is 14.9 Å². The van der Waals surface area contributed by atoms with Gasteiger partial charge in [0.1, 0.15) is 5.75 Å². The number of hydrogen-bond acceptors (Lipinski definition) is 4. The average molecular weight is 402 g/mol. The van der Waals surface area contributed by atoms with Gasteiger partial charge in [0.15, 0.2) is 0 Å². The van der Waals surface area contributed by atoms with Crippen molar-refractivity contribution >= 4 is 23.0 Å². The zero-order chi connectivity index (χ0) is 20.7. The number of phenolic OH excluding ortho intramolecular Hbond substituents is 1. The van der Waals surface area contributed by atoms with E-state index in [9.17, 15) is 9.90 Å². The quantitative estimate of drug-likeness (QED) is 0.518. The first-order chi connectivity index (χ1) is 14.6. The number of phenols is 1. The van der Waals surface area contributed by atoms with Gasteiger partial charge in [0.2, 0.25) is 0 Å². The molecule has 0 spiro atoms. The molecule has 1 aromatic heterocycles. The van der Waals surface area contributed by atoms with E-state index >= 15 is 0 Å². The number of benzene rings is 2. The van der Waals surface area contributed by atoms with Crippen molar-refractivity contribution < 1.29 is 9.90 Å². The number of aromatic hydroxyl groups is 1. The largest absolute Gasteiger partial charge is 0.508 e. The van der Waals surface area contributed by atoms with E-state index in [1.807, 2.05) is 0 Å². The number of rotatable bonds is 4. The molecular formula is C24H26N4O2.